The van der Waals surface area contributed by atoms with Crippen molar-refractivity contribution in [2.45, 2.75) is 39.3 Å². The Kier molecular flexibility index (Phi) is 2.70. The van der Waals surface area contributed by atoms with Gasteiger partial charge in [0, 0.05) is 12.6 Å². The van der Waals surface area contributed by atoms with Gasteiger partial charge >= 0.3 is 0 Å². The highest BCUT2D eigenvalue weighted by Crippen LogP contribution is 2.27. The molecule has 0 aromatic carbocycles. The monoisotopic (exact) mass is 195 g/mol. The van der Waals surface area contributed by atoms with Gasteiger partial charge in [-0.25, -0.2) is 0 Å². The number of nitrogens with one attached hydrogen (secondary N) is 1. The molecule has 1 aliphatic rings. The minimum Gasteiger partial charge on any atom is -0.310 e. The summed E-state index contributed by atoms with van der Waals surface area (Å²) in [5.41, 5.74) is 2.91. The third-order valence-electron chi connectivity index (χ3n) is 3.14. The molecule has 1 N–H and O–H groups in total. The molecule has 1 aromatic rings. The lowest BCUT2D eigenvalue weighted by atomic mass is 9.81. The van der Waals surface area contributed by atoms with E-state index in [4.69, 9.17) is 0 Å². The Morgan fingerprint density at radius 1 is 1.46 bits per heavy atom. The molecule has 0 spiro atoms. The average molecular weight is 195 g/mol. The van der Waals surface area contributed by atoms with E-state index in [1.807, 2.05) is 0 Å². The van der Waals surface area contributed by atoms with E-state index in [9.17, 15) is 0 Å². The molecule has 1 nitrogen and oxygen atoms in total. The smallest absolute Gasteiger partial charge is 0.0219 e. The number of aryl methyl sites for hydroxylation is 1. The van der Waals surface area contributed by atoms with Crippen LogP contribution in [0.3, 0.4) is 0 Å². The standard InChI is InChI=1S/C11H17NS/c1-8-3-4-11(8)12-5-10-7-13-6-9(10)2/h6-8,11-12H,3-5H2,1-2H3. The molecule has 0 radical (unpaired) electrons. The molecule has 1 fully saturated rings. The van der Waals surface area contributed by atoms with Gasteiger partial charge in [0.1, 0.15) is 0 Å². The highest BCUT2D eigenvalue weighted by Gasteiger charge is 2.25. The first-order valence-corrected chi connectivity index (χ1v) is 5.96. The first-order valence-electron chi connectivity index (χ1n) is 5.02. The van der Waals surface area contributed by atoms with E-state index in [1.165, 1.54) is 24.0 Å². The quantitative estimate of drug-likeness (QED) is 0.782. The minimum atomic E-state index is 0.777. The van der Waals surface area contributed by atoms with Gasteiger partial charge in [-0.1, -0.05) is 6.92 Å². The Hall–Kier alpha value is -0.340. The summed E-state index contributed by atoms with van der Waals surface area (Å²) >= 11 is 1.80. The molecule has 2 heteroatoms. The second-order valence-corrected chi connectivity index (χ2v) is 4.87. The predicted molar refractivity (Wildman–Crippen MR) is 58.1 cm³/mol. The molecule has 0 amide bonds. The zero-order valence-corrected chi connectivity index (χ0v) is 9.16. The number of hydrogen-bond acceptors (Lipinski definition) is 2. The van der Waals surface area contributed by atoms with Crippen LogP contribution in [0, 0.1) is 12.8 Å². The summed E-state index contributed by atoms with van der Waals surface area (Å²) in [6, 6.07) is 0.777. The Morgan fingerprint density at radius 2 is 2.31 bits per heavy atom. The number of thiophene rings is 1. The van der Waals surface area contributed by atoms with Gasteiger partial charge in [0.15, 0.2) is 0 Å². The summed E-state index contributed by atoms with van der Waals surface area (Å²) in [5, 5.41) is 8.10. The summed E-state index contributed by atoms with van der Waals surface area (Å²) in [6.45, 7) is 5.59. The molecule has 13 heavy (non-hydrogen) atoms. The molecular formula is C11H17NS. The van der Waals surface area contributed by atoms with Crippen LogP contribution < -0.4 is 5.32 Å². The molecule has 0 aliphatic heterocycles. The van der Waals surface area contributed by atoms with Gasteiger partial charge < -0.3 is 5.32 Å². The molecule has 0 bridgehead atoms. The van der Waals surface area contributed by atoms with Crippen LogP contribution in [0.25, 0.3) is 0 Å². The SMILES string of the molecule is Cc1cscc1CNC1CCC1C. The summed E-state index contributed by atoms with van der Waals surface area (Å²) in [7, 11) is 0. The van der Waals surface area contributed by atoms with Crippen molar-refractivity contribution >= 4 is 11.3 Å². The lowest BCUT2D eigenvalue weighted by Crippen LogP contribution is -2.41. The van der Waals surface area contributed by atoms with Crippen LogP contribution >= 0.6 is 11.3 Å². The second kappa shape index (κ2) is 3.81. The van der Waals surface area contributed by atoms with E-state index in [1.54, 1.807) is 11.3 Å². The van der Waals surface area contributed by atoms with Gasteiger partial charge in [-0.05, 0) is 47.6 Å². The molecular weight excluding hydrogens is 178 g/mol. The van der Waals surface area contributed by atoms with E-state index < -0.39 is 0 Å². The number of hydrogen-bond donors (Lipinski definition) is 1. The topological polar surface area (TPSA) is 12.0 Å². The molecule has 72 valence electrons. The van der Waals surface area contributed by atoms with E-state index in [-0.39, 0.29) is 0 Å². The first-order chi connectivity index (χ1) is 6.27. The average Bonchev–Trinajstić information content (AvgIpc) is 2.50. The van der Waals surface area contributed by atoms with Crippen molar-refractivity contribution in [3.05, 3.63) is 21.9 Å². The van der Waals surface area contributed by atoms with Gasteiger partial charge in [-0.3, -0.25) is 0 Å². The van der Waals surface area contributed by atoms with Crippen LogP contribution in [-0.4, -0.2) is 6.04 Å². The van der Waals surface area contributed by atoms with E-state index in [0.29, 0.717) is 0 Å². The fraction of sp³-hybridized carbons (Fsp3) is 0.636. The zero-order valence-electron chi connectivity index (χ0n) is 8.34. The van der Waals surface area contributed by atoms with Gasteiger partial charge in [0.05, 0.1) is 0 Å². The molecule has 2 rings (SSSR count). The van der Waals surface area contributed by atoms with Crippen LogP contribution in [-0.2, 0) is 6.54 Å². The Labute approximate surface area is 84.2 Å². The highest BCUT2D eigenvalue weighted by atomic mass is 32.1. The normalized spacial score (nSPS) is 27.2. The maximum atomic E-state index is 3.62. The summed E-state index contributed by atoms with van der Waals surface area (Å²) in [4.78, 5) is 0. The lowest BCUT2D eigenvalue weighted by Gasteiger charge is -2.34. The van der Waals surface area contributed by atoms with Gasteiger partial charge in [0.2, 0.25) is 0 Å². The fourth-order valence-electron chi connectivity index (χ4n) is 1.78. The van der Waals surface area contributed by atoms with Crippen molar-refractivity contribution < 1.29 is 0 Å². The van der Waals surface area contributed by atoms with Gasteiger partial charge in [-0.2, -0.15) is 11.3 Å². The van der Waals surface area contributed by atoms with E-state index >= 15 is 0 Å². The van der Waals surface area contributed by atoms with Crippen LogP contribution in [0.5, 0.6) is 0 Å². The molecule has 1 heterocycles. The lowest BCUT2D eigenvalue weighted by molar-refractivity contribution is 0.228. The maximum absolute atomic E-state index is 3.62. The molecule has 2 unspecified atom stereocenters. The third kappa shape index (κ3) is 1.94. The Morgan fingerprint density at radius 3 is 2.77 bits per heavy atom. The Bertz CT molecular complexity index is 279. The van der Waals surface area contributed by atoms with Gasteiger partial charge in [-0.15, -0.1) is 0 Å². The predicted octanol–water partition coefficient (Wildman–Crippen LogP) is 2.94. The maximum Gasteiger partial charge on any atom is 0.0219 e. The van der Waals surface area contributed by atoms with E-state index in [0.717, 1.165) is 18.5 Å². The highest BCUT2D eigenvalue weighted by molar-refractivity contribution is 7.08. The molecule has 1 aliphatic carbocycles. The largest absolute Gasteiger partial charge is 0.310 e. The van der Waals surface area contributed by atoms with Crippen molar-refractivity contribution in [3.8, 4) is 0 Å². The van der Waals surface area contributed by atoms with Crippen LogP contribution in [0.15, 0.2) is 10.8 Å². The van der Waals surface area contributed by atoms with Crippen molar-refractivity contribution in [1.82, 2.24) is 5.32 Å². The third-order valence-corrected chi connectivity index (χ3v) is 4.05. The van der Waals surface area contributed by atoms with Crippen LogP contribution in [0.1, 0.15) is 30.9 Å². The van der Waals surface area contributed by atoms with Crippen LogP contribution in [0.4, 0.5) is 0 Å². The van der Waals surface area contributed by atoms with Crippen LogP contribution in [0.2, 0.25) is 0 Å². The zero-order chi connectivity index (χ0) is 9.26. The summed E-state index contributed by atoms with van der Waals surface area (Å²) in [6.07, 6.45) is 2.77. The summed E-state index contributed by atoms with van der Waals surface area (Å²) < 4.78 is 0. The van der Waals surface area contributed by atoms with Crippen molar-refractivity contribution in [2.75, 3.05) is 0 Å². The minimum absolute atomic E-state index is 0.777. The Balaban J connectivity index is 1.83. The molecule has 1 aromatic heterocycles. The first kappa shape index (κ1) is 9.22. The van der Waals surface area contributed by atoms with Crippen molar-refractivity contribution in [2.24, 2.45) is 5.92 Å². The summed E-state index contributed by atoms with van der Waals surface area (Å²) in [5.74, 6) is 0.888. The van der Waals surface area contributed by atoms with Crippen molar-refractivity contribution in [1.29, 1.82) is 0 Å². The molecule has 1 saturated carbocycles. The fourth-order valence-corrected chi connectivity index (χ4v) is 2.64. The van der Waals surface area contributed by atoms with Gasteiger partial charge in [0.25, 0.3) is 0 Å². The second-order valence-electron chi connectivity index (χ2n) is 4.12. The number of rotatable bonds is 3. The van der Waals surface area contributed by atoms with Crippen molar-refractivity contribution in [3.63, 3.8) is 0 Å². The molecule has 0 saturated heterocycles. The molecule has 2 atom stereocenters. The van der Waals surface area contributed by atoms with E-state index in [2.05, 4.69) is 29.9 Å².